The molecule has 2 fully saturated rings. The summed E-state index contributed by atoms with van der Waals surface area (Å²) in [6, 6.07) is 9.61. The average Bonchev–Trinajstić information content (AvgIpc) is 2.77. The van der Waals surface area contributed by atoms with Crippen molar-refractivity contribution in [2.24, 2.45) is 5.41 Å². The highest BCUT2D eigenvalue weighted by Crippen LogP contribution is 2.40. The van der Waals surface area contributed by atoms with Gasteiger partial charge in [0.05, 0.1) is 0 Å². The minimum atomic E-state index is 0.586. The van der Waals surface area contributed by atoms with Gasteiger partial charge in [-0.1, -0.05) is 47.8 Å². The molecule has 1 nitrogen and oxygen atoms in total. The van der Waals surface area contributed by atoms with Gasteiger partial charge < -0.3 is 5.32 Å². The monoisotopic (exact) mass is 321 g/mol. The molecule has 0 aliphatic heterocycles. The molecule has 1 aromatic carbocycles. The Hall–Kier alpha value is -0.340. The Bertz CT molecular complexity index is 413. The van der Waals surface area contributed by atoms with E-state index in [1.165, 1.54) is 55.1 Å². The van der Waals surface area contributed by atoms with Crippen molar-refractivity contribution in [1.82, 2.24) is 5.32 Å². The van der Waals surface area contributed by atoms with Gasteiger partial charge in [-0.05, 0) is 54.7 Å². The molecule has 0 amide bonds. The number of benzene rings is 1. The summed E-state index contributed by atoms with van der Waals surface area (Å²) in [6.45, 7) is 3.68. The van der Waals surface area contributed by atoms with E-state index in [9.17, 15) is 0 Å². The van der Waals surface area contributed by atoms with E-state index in [1.807, 2.05) is 0 Å². The van der Waals surface area contributed by atoms with Crippen molar-refractivity contribution >= 4 is 15.9 Å². The van der Waals surface area contributed by atoms with Crippen LogP contribution in [-0.2, 0) is 0 Å². The summed E-state index contributed by atoms with van der Waals surface area (Å²) in [5.41, 5.74) is 2.09. The summed E-state index contributed by atoms with van der Waals surface area (Å²) in [5, 5.41) is 3.80. The van der Waals surface area contributed by atoms with Gasteiger partial charge in [0.15, 0.2) is 0 Å². The number of halogens is 1. The summed E-state index contributed by atoms with van der Waals surface area (Å²) < 4.78 is 1.18. The Morgan fingerprint density at radius 1 is 1.16 bits per heavy atom. The molecule has 0 aromatic heterocycles. The summed E-state index contributed by atoms with van der Waals surface area (Å²) in [4.78, 5) is 0. The second-order valence-corrected chi connectivity index (χ2v) is 7.73. The SMILES string of the molecule is CC1(CNC2CC(c3ccc(Br)cc3)C2)CCCC1. The van der Waals surface area contributed by atoms with Crippen molar-refractivity contribution in [1.29, 1.82) is 0 Å². The molecule has 1 N–H and O–H groups in total. The highest BCUT2D eigenvalue weighted by Gasteiger charge is 2.33. The predicted octanol–water partition coefficient (Wildman–Crippen LogP) is 4.87. The predicted molar refractivity (Wildman–Crippen MR) is 84.5 cm³/mol. The molecule has 0 radical (unpaired) electrons. The van der Waals surface area contributed by atoms with Crippen LogP contribution in [0.1, 0.15) is 56.9 Å². The maximum Gasteiger partial charge on any atom is 0.0175 e. The van der Waals surface area contributed by atoms with E-state index in [2.05, 4.69) is 52.4 Å². The fourth-order valence-corrected chi connectivity index (χ4v) is 3.85. The van der Waals surface area contributed by atoms with Gasteiger partial charge in [-0.15, -0.1) is 0 Å². The van der Waals surface area contributed by atoms with Gasteiger partial charge in [-0.2, -0.15) is 0 Å². The van der Waals surface area contributed by atoms with E-state index < -0.39 is 0 Å². The van der Waals surface area contributed by atoms with Gasteiger partial charge in [0.1, 0.15) is 0 Å². The summed E-state index contributed by atoms with van der Waals surface area (Å²) in [6.07, 6.45) is 8.34. The van der Waals surface area contributed by atoms with Gasteiger partial charge in [-0.25, -0.2) is 0 Å². The molecule has 0 spiro atoms. The Morgan fingerprint density at radius 2 is 1.79 bits per heavy atom. The van der Waals surface area contributed by atoms with Crippen LogP contribution in [0.2, 0.25) is 0 Å². The second-order valence-electron chi connectivity index (χ2n) is 6.82. The van der Waals surface area contributed by atoms with Crippen molar-refractivity contribution in [3.05, 3.63) is 34.3 Å². The lowest BCUT2D eigenvalue weighted by molar-refractivity contribution is 0.234. The molecule has 2 aliphatic carbocycles. The Balaban J connectivity index is 1.44. The fraction of sp³-hybridized carbons (Fsp3) is 0.647. The van der Waals surface area contributed by atoms with Crippen LogP contribution in [0.25, 0.3) is 0 Å². The van der Waals surface area contributed by atoms with E-state index in [4.69, 9.17) is 0 Å². The zero-order valence-electron chi connectivity index (χ0n) is 11.8. The van der Waals surface area contributed by atoms with Crippen LogP contribution < -0.4 is 5.32 Å². The van der Waals surface area contributed by atoms with E-state index in [0.29, 0.717) is 5.41 Å². The average molecular weight is 322 g/mol. The number of hydrogen-bond donors (Lipinski definition) is 1. The zero-order chi connectivity index (χ0) is 13.3. The number of nitrogens with one attached hydrogen (secondary N) is 1. The van der Waals surface area contributed by atoms with Crippen LogP contribution in [0, 0.1) is 5.41 Å². The molecular weight excluding hydrogens is 298 g/mol. The lowest BCUT2D eigenvalue weighted by atomic mass is 9.75. The van der Waals surface area contributed by atoms with Crippen LogP contribution in [0.4, 0.5) is 0 Å². The smallest absolute Gasteiger partial charge is 0.0175 e. The molecule has 2 aliphatic rings. The van der Waals surface area contributed by atoms with Gasteiger partial charge in [-0.3, -0.25) is 0 Å². The third-order valence-corrected chi connectivity index (χ3v) is 5.64. The Labute approximate surface area is 125 Å². The normalized spacial score (nSPS) is 29.2. The van der Waals surface area contributed by atoms with Crippen molar-refractivity contribution in [3.8, 4) is 0 Å². The molecule has 2 heteroatoms. The second kappa shape index (κ2) is 5.57. The minimum Gasteiger partial charge on any atom is -0.313 e. The standard InChI is InChI=1S/C17H24BrN/c1-17(8-2-3-9-17)12-19-16-10-14(11-16)13-4-6-15(18)7-5-13/h4-7,14,16,19H,2-3,8-12H2,1H3. The molecule has 0 unspecified atom stereocenters. The van der Waals surface area contributed by atoms with Crippen LogP contribution in [0.15, 0.2) is 28.7 Å². The van der Waals surface area contributed by atoms with Gasteiger partial charge in [0.2, 0.25) is 0 Å². The first-order chi connectivity index (χ1) is 9.15. The maximum atomic E-state index is 3.80. The molecule has 2 saturated carbocycles. The van der Waals surface area contributed by atoms with Crippen LogP contribution >= 0.6 is 15.9 Å². The van der Waals surface area contributed by atoms with Crippen molar-refractivity contribution < 1.29 is 0 Å². The Morgan fingerprint density at radius 3 is 2.42 bits per heavy atom. The third kappa shape index (κ3) is 3.22. The summed E-state index contributed by atoms with van der Waals surface area (Å²) in [5.74, 6) is 0.780. The van der Waals surface area contributed by atoms with Gasteiger partial charge >= 0.3 is 0 Å². The summed E-state index contributed by atoms with van der Waals surface area (Å²) >= 11 is 3.50. The first-order valence-corrected chi connectivity index (χ1v) is 8.43. The first kappa shape index (κ1) is 13.6. The maximum absolute atomic E-state index is 3.80. The van der Waals surface area contributed by atoms with Crippen LogP contribution in [-0.4, -0.2) is 12.6 Å². The highest BCUT2D eigenvalue weighted by atomic mass is 79.9. The van der Waals surface area contributed by atoms with E-state index in [1.54, 1.807) is 0 Å². The van der Waals surface area contributed by atoms with E-state index in [-0.39, 0.29) is 0 Å². The van der Waals surface area contributed by atoms with Gasteiger partial charge in [0.25, 0.3) is 0 Å². The van der Waals surface area contributed by atoms with E-state index >= 15 is 0 Å². The van der Waals surface area contributed by atoms with Crippen LogP contribution in [0.3, 0.4) is 0 Å². The molecular formula is C17H24BrN. The molecule has 0 heterocycles. The summed E-state index contributed by atoms with van der Waals surface area (Å²) in [7, 11) is 0. The highest BCUT2D eigenvalue weighted by molar-refractivity contribution is 9.10. The van der Waals surface area contributed by atoms with Crippen LogP contribution in [0.5, 0.6) is 0 Å². The molecule has 3 rings (SSSR count). The third-order valence-electron chi connectivity index (χ3n) is 5.11. The lowest BCUT2D eigenvalue weighted by Gasteiger charge is -2.38. The largest absolute Gasteiger partial charge is 0.313 e. The van der Waals surface area contributed by atoms with Crippen molar-refractivity contribution in [2.75, 3.05) is 6.54 Å². The zero-order valence-corrected chi connectivity index (χ0v) is 13.4. The molecule has 0 atom stereocenters. The van der Waals surface area contributed by atoms with E-state index in [0.717, 1.165) is 12.0 Å². The number of hydrogen-bond acceptors (Lipinski definition) is 1. The Kier molecular flexibility index (Phi) is 4.00. The van der Waals surface area contributed by atoms with Crippen molar-refractivity contribution in [3.63, 3.8) is 0 Å². The van der Waals surface area contributed by atoms with Gasteiger partial charge in [0, 0.05) is 17.1 Å². The molecule has 19 heavy (non-hydrogen) atoms. The fourth-order valence-electron chi connectivity index (χ4n) is 3.59. The van der Waals surface area contributed by atoms with Crippen molar-refractivity contribution in [2.45, 2.75) is 57.4 Å². The molecule has 104 valence electrons. The molecule has 1 aromatic rings. The lowest BCUT2D eigenvalue weighted by Crippen LogP contribution is -2.44. The first-order valence-electron chi connectivity index (χ1n) is 7.63. The number of rotatable bonds is 4. The molecule has 0 saturated heterocycles. The molecule has 0 bridgehead atoms. The minimum absolute atomic E-state index is 0.586. The quantitative estimate of drug-likeness (QED) is 0.834. The topological polar surface area (TPSA) is 12.0 Å².